The molecule has 1 saturated heterocycles. The molecule has 0 aromatic carbocycles. The van der Waals surface area contributed by atoms with E-state index in [1.165, 1.54) is 13.0 Å². The molecule has 108 valence electrons. The lowest BCUT2D eigenvalue weighted by Crippen LogP contribution is -2.39. The third-order valence-electron chi connectivity index (χ3n) is 3.02. The highest BCUT2D eigenvalue weighted by Gasteiger charge is 2.38. The van der Waals surface area contributed by atoms with Crippen LogP contribution in [0, 0.1) is 6.92 Å². The second kappa shape index (κ2) is 4.82. The fourth-order valence-electron chi connectivity index (χ4n) is 2.07. The Balaban J connectivity index is 2.12. The normalized spacial score (nSPS) is 20.6. The summed E-state index contributed by atoms with van der Waals surface area (Å²) >= 11 is 0. The number of aryl methyl sites for hydroxylation is 1. The number of rotatable bonds is 2. The molecule has 0 N–H and O–H groups in total. The summed E-state index contributed by atoms with van der Waals surface area (Å²) < 4.78 is 65.4. The maximum Gasteiger partial charge on any atom is 0.449 e. The van der Waals surface area contributed by atoms with Crippen molar-refractivity contribution in [2.24, 2.45) is 0 Å². The van der Waals surface area contributed by atoms with Gasteiger partial charge in [0.25, 0.3) is 0 Å². The minimum Gasteiger partial charge on any atom is -0.456 e. The Morgan fingerprint density at radius 1 is 1.32 bits per heavy atom. The van der Waals surface area contributed by atoms with Crippen LogP contribution < -0.4 is 0 Å². The smallest absolute Gasteiger partial charge is 0.449 e. The van der Waals surface area contributed by atoms with Crippen molar-refractivity contribution in [1.82, 2.24) is 4.90 Å². The Morgan fingerprint density at radius 2 is 1.89 bits per heavy atom. The average molecular weight is 297 g/mol. The molecule has 1 aliphatic rings. The molecule has 1 aromatic rings. The van der Waals surface area contributed by atoms with Gasteiger partial charge in [0.05, 0.1) is 11.5 Å². The van der Waals surface area contributed by atoms with E-state index < -0.39 is 21.8 Å². The minimum atomic E-state index is -4.52. The molecule has 4 nitrogen and oxygen atoms in total. The third kappa shape index (κ3) is 3.50. The van der Waals surface area contributed by atoms with Crippen LogP contribution in [-0.2, 0) is 22.6 Å². The van der Waals surface area contributed by atoms with Gasteiger partial charge in [-0.05, 0) is 13.0 Å². The first-order valence-electron chi connectivity index (χ1n) is 5.77. The predicted octanol–water partition coefficient (Wildman–Crippen LogP) is 1.84. The lowest BCUT2D eigenvalue weighted by molar-refractivity contribution is -0.154. The fraction of sp³-hybridized carbons (Fsp3) is 0.636. The monoisotopic (exact) mass is 297 g/mol. The molecule has 2 heterocycles. The second-order valence-corrected chi connectivity index (χ2v) is 6.94. The van der Waals surface area contributed by atoms with Crippen LogP contribution in [0.1, 0.15) is 17.1 Å². The number of sulfone groups is 1. The fourth-order valence-corrected chi connectivity index (χ4v) is 3.35. The van der Waals surface area contributed by atoms with E-state index in [1.54, 1.807) is 4.90 Å². The summed E-state index contributed by atoms with van der Waals surface area (Å²) in [4.78, 5) is 1.70. The first-order chi connectivity index (χ1) is 8.67. The van der Waals surface area contributed by atoms with Gasteiger partial charge in [0, 0.05) is 25.2 Å². The Labute approximate surface area is 109 Å². The Hall–Kier alpha value is -1.02. The van der Waals surface area contributed by atoms with Crippen LogP contribution in [0.2, 0.25) is 0 Å². The van der Waals surface area contributed by atoms with Crippen LogP contribution in [0.3, 0.4) is 0 Å². The number of halogens is 3. The quantitative estimate of drug-likeness (QED) is 0.836. The number of hydrogen-bond acceptors (Lipinski definition) is 4. The second-order valence-electron chi connectivity index (χ2n) is 4.64. The maximum atomic E-state index is 12.7. The highest BCUT2D eigenvalue weighted by atomic mass is 32.2. The first-order valence-corrected chi connectivity index (χ1v) is 7.59. The van der Waals surface area contributed by atoms with Gasteiger partial charge in [-0.2, -0.15) is 13.2 Å². The topological polar surface area (TPSA) is 50.5 Å². The van der Waals surface area contributed by atoms with Crippen molar-refractivity contribution in [3.05, 3.63) is 23.2 Å². The molecule has 0 aliphatic carbocycles. The van der Waals surface area contributed by atoms with E-state index >= 15 is 0 Å². The van der Waals surface area contributed by atoms with E-state index in [1.807, 2.05) is 0 Å². The Morgan fingerprint density at radius 3 is 2.42 bits per heavy atom. The molecule has 0 amide bonds. The van der Waals surface area contributed by atoms with Crippen molar-refractivity contribution in [2.45, 2.75) is 19.6 Å². The van der Waals surface area contributed by atoms with E-state index in [0.717, 1.165) is 0 Å². The standard InChI is InChI=1S/C11H14F3NO3S/c1-8-6-9(10(18-8)11(12,13)14)7-15-2-4-19(16,17)5-3-15/h6H,2-5,7H2,1H3. The molecule has 19 heavy (non-hydrogen) atoms. The molecule has 0 saturated carbocycles. The lowest BCUT2D eigenvalue weighted by Gasteiger charge is -2.26. The van der Waals surface area contributed by atoms with Crippen LogP contribution in [0.25, 0.3) is 0 Å². The van der Waals surface area contributed by atoms with Gasteiger partial charge in [0.2, 0.25) is 5.76 Å². The number of nitrogens with zero attached hydrogens (tertiary/aromatic N) is 1. The Kier molecular flexibility index (Phi) is 3.65. The van der Waals surface area contributed by atoms with E-state index in [9.17, 15) is 21.6 Å². The van der Waals surface area contributed by atoms with E-state index in [2.05, 4.69) is 0 Å². The van der Waals surface area contributed by atoms with E-state index in [0.29, 0.717) is 0 Å². The van der Waals surface area contributed by atoms with Crippen molar-refractivity contribution in [3.8, 4) is 0 Å². The summed E-state index contributed by atoms with van der Waals surface area (Å²) in [7, 11) is -3.03. The maximum absolute atomic E-state index is 12.7. The lowest BCUT2D eigenvalue weighted by atomic mass is 10.2. The Bertz CT molecular complexity index is 548. The molecule has 1 aliphatic heterocycles. The van der Waals surface area contributed by atoms with Gasteiger partial charge in [-0.3, -0.25) is 4.90 Å². The summed E-state index contributed by atoms with van der Waals surface area (Å²) in [6.45, 7) is 2.02. The largest absolute Gasteiger partial charge is 0.456 e. The molecule has 0 atom stereocenters. The molecule has 8 heteroatoms. The van der Waals surface area contributed by atoms with Crippen molar-refractivity contribution in [2.75, 3.05) is 24.6 Å². The van der Waals surface area contributed by atoms with Crippen LogP contribution in [0.5, 0.6) is 0 Å². The van der Waals surface area contributed by atoms with Gasteiger partial charge >= 0.3 is 6.18 Å². The zero-order valence-electron chi connectivity index (χ0n) is 10.3. The van der Waals surface area contributed by atoms with Gasteiger partial charge in [0.15, 0.2) is 9.84 Å². The summed E-state index contributed by atoms with van der Waals surface area (Å²) in [6, 6.07) is 1.35. The molecule has 1 fully saturated rings. The molecular weight excluding hydrogens is 283 g/mol. The number of furan rings is 1. The SMILES string of the molecule is Cc1cc(CN2CCS(=O)(=O)CC2)c(C(F)(F)F)o1. The summed E-state index contributed by atoms with van der Waals surface area (Å²) in [5.74, 6) is -0.804. The molecule has 2 rings (SSSR count). The van der Waals surface area contributed by atoms with Crippen LogP contribution in [0.15, 0.2) is 10.5 Å². The summed E-state index contributed by atoms with van der Waals surface area (Å²) in [6.07, 6.45) is -4.52. The highest BCUT2D eigenvalue weighted by Crippen LogP contribution is 2.34. The van der Waals surface area contributed by atoms with E-state index in [4.69, 9.17) is 4.42 Å². The predicted molar refractivity (Wildman–Crippen MR) is 62.4 cm³/mol. The van der Waals surface area contributed by atoms with Crippen molar-refractivity contribution in [1.29, 1.82) is 0 Å². The highest BCUT2D eigenvalue weighted by molar-refractivity contribution is 7.91. The molecule has 0 bridgehead atoms. The third-order valence-corrected chi connectivity index (χ3v) is 4.63. The molecule has 0 unspecified atom stereocenters. The minimum absolute atomic E-state index is 0.00875. The average Bonchev–Trinajstić information content (AvgIpc) is 2.62. The van der Waals surface area contributed by atoms with Gasteiger partial charge in [0.1, 0.15) is 5.76 Å². The summed E-state index contributed by atoms with van der Waals surface area (Å²) in [5, 5.41) is 0. The van der Waals surface area contributed by atoms with Crippen molar-refractivity contribution >= 4 is 9.84 Å². The summed E-state index contributed by atoms with van der Waals surface area (Å²) in [5.41, 5.74) is 0.0595. The van der Waals surface area contributed by atoms with Crippen LogP contribution >= 0.6 is 0 Å². The van der Waals surface area contributed by atoms with Gasteiger partial charge < -0.3 is 4.42 Å². The van der Waals surface area contributed by atoms with Gasteiger partial charge in [-0.1, -0.05) is 0 Å². The van der Waals surface area contributed by atoms with Gasteiger partial charge in [-0.15, -0.1) is 0 Å². The zero-order chi connectivity index (χ0) is 14.3. The number of alkyl halides is 3. The number of hydrogen-bond donors (Lipinski definition) is 0. The van der Waals surface area contributed by atoms with E-state index in [-0.39, 0.29) is 42.5 Å². The van der Waals surface area contributed by atoms with Crippen LogP contribution in [0.4, 0.5) is 13.2 Å². The molecule has 0 radical (unpaired) electrons. The van der Waals surface area contributed by atoms with Crippen molar-refractivity contribution < 1.29 is 26.0 Å². The van der Waals surface area contributed by atoms with Crippen LogP contribution in [-0.4, -0.2) is 37.9 Å². The molecular formula is C11H14F3NO3S. The first kappa shape index (κ1) is 14.4. The van der Waals surface area contributed by atoms with Gasteiger partial charge in [-0.25, -0.2) is 8.42 Å². The zero-order valence-corrected chi connectivity index (χ0v) is 11.1. The molecule has 1 aromatic heterocycles. The molecule has 0 spiro atoms. The van der Waals surface area contributed by atoms with Crippen molar-refractivity contribution in [3.63, 3.8) is 0 Å².